The predicted molar refractivity (Wildman–Crippen MR) is 91.6 cm³/mol. The second-order valence-electron chi connectivity index (χ2n) is 5.58. The molecule has 1 aliphatic heterocycles. The number of amides is 2. The molecule has 0 bridgehead atoms. The van der Waals surface area contributed by atoms with Gasteiger partial charge in [-0.15, -0.1) is 0 Å². The Labute approximate surface area is 136 Å². The number of benzene rings is 1. The van der Waals surface area contributed by atoms with Crippen LogP contribution in [0.2, 0.25) is 0 Å². The molecule has 2 rings (SSSR count). The first-order valence-corrected chi connectivity index (χ1v) is 8.56. The van der Waals surface area contributed by atoms with Gasteiger partial charge in [0.2, 0.25) is 5.91 Å². The minimum Gasteiger partial charge on any atom is -0.376 e. The Morgan fingerprint density at radius 3 is 2.55 bits per heavy atom. The van der Waals surface area contributed by atoms with Crippen LogP contribution in [0, 0.1) is 6.92 Å². The molecule has 1 aromatic carbocycles. The van der Waals surface area contributed by atoms with Gasteiger partial charge < -0.3 is 15.1 Å². The number of nitrogens with one attached hydrogen (secondary N) is 1. The molecule has 6 heteroatoms. The van der Waals surface area contributed by atoms with Crippen molar-refractivity contribution in [1.29, 1.82) is 0 Å². The Bertz CT molecular complexity index is 554. The molecule has 1 saturated heterocycles. The molecular formula is C16H23N3O2S. The maximum absolute atomic E-state index is 12.5. The number of likely N-dealkylation sites (N-methyl/N-ethyl adjacent to an activating group) is 1. The lowest BCUT2D eigenvalue weighted by atomic mass is 10.1. The number of aryl methyl sites for hydroxylation is 1. The normalized spacial score (nSPS) is 14.6. The molecule has 1 aliphatic rings. The molecule has 120 valence electrons. The van der Waals surface area contributed by atoms with Gasteiger partial charge in [0, 0.05) is 49.9 Å². The van der Waals surface area contributed by atoms with E-state index in [1.165, 1.54) is 0 Å². The van der Waals surface area contributed by atoms with E-state index in [0.717, 1.165) is 35.8 Å². The van der Waals surface area contributed by atoms with E-state index in [2.05, 4.69) is 5.32 Å². The van der Waals surface area contributed by atoms with Gasteiger partial charge >= 0.3 is 0 Å². The summed E-state index contributed by atoms with van der Waals surface area (Å²) in [5, 5.41) is 3.12. The molecule has 0 saturated carbocycles. The number of hydrogen-bond donors (Lipinski definition) is 1. The number of thioether (sulfide) groups is 1. The zero-order valence-electron chi connectivity index (χ0n) is 13.4. The quantitative estimate of drug-likeness (QED) is 0.917. The Kier molecular flexibility index (Phi) is 5.71. The van der Waals surface area contributed by atoms with E-state index in [9.17, 15) is 9.59 Å². The van der Waals surface area contributed by atoms with E-state index in [4.69, 9.17) is 0 Å². The third kappa shape index (κ3) is 4.16. The molecule has 0 radical (unpaired) electrons. The second-order valence-corrected chi connectivity index (χ2v) is 6.80. The number of rotatable bonds is 4. The van der Waals surface area contributed by atoms with Gasteiger partial charge in [0.1, 0.15) is 0 Å². The molecule has 1 aromatic rings. The van der Waals surface area contributed by atoms with Crippen molar-refractivity contribution in [2.45, 2.75) is 6.92 Å². The summed E-state index contributed by atoms with van der Waals surface area (Å²) in [6, 6.07) is 5.61. The number of hydrogen-bond acceptors (Lipinski definition) is 4. The van der Waals surface area contributed by atoms with Crippen molar-refractivity contribution in [3.8, 4) is 0 Å². The summed E-state index contributed by atoms with van der Waals surface area (Å²) >= 11 is 1.89. The summed E-state index contributed by atoms with van der Waals surface area (Å²) in [5.74, 6) is 2.14. The number of carbonyl (C=O) groups is 2. The van der Waals surface area contributed by atoms with Gasteiger partial charge in [0.05, 0.1) is 6.54 Å². The van der Waals surface area contributed by atoms with Crippen molar-refractivity contribution in [2.24, 2.45) is 0 Å². The zero-order chi connectivity index (χ0) is 16.1. The molecule has 0 aliphatic carbocycles. The van der Waals surface area contributed by atoms with Crippen molar-refractivity contribution >= 4 is 29.3 Å². The van der Waals surface area contributed by atoms with E-state index in [1.54, 1.807) is 19.0 Å². The monoisotopic (exact) mass is 321 g/mol. The molecule has 1 N–H and O–H groups in total. The number of nitrogens with zero attached hydrogens (tertiary/aromatic N) is 2. The van der Waals surface area contributed by atoms with Gasteiger partial charge in [-0.2, -0.15) is 11.8 Å². The van der Waals surface area contributed by atoms with E-state index < -0.39 is 0 Å². The highest BCUT2D eigenvalue weighted by atomic mass is 32.2. The highest BCUT2D eigenvalue weighted by Gasteiger charge is 2.18. The first kappa shape index (κ1) is 16.7. The number of anilines is 1. The van der Waals surface area contributed by atoms with Crippen molar-refractivity contribution in [2.75, 3.05) is 50.6 Å². The van der Waals surface area contributed by atoms with Crippen molar-refractivity contribution in [3.63, 3.8) is 0 Å². The Hall–Kier alpha value is -1.69. The minimum absolute atomic E-state index is 0.0189. The van der Waals surface area contributed by atoms with Crippen LogP contribution in [0.25, 0.3) is 0 Å². The summed E-state index contributed by atoms with van der Waals surface area (Å²) in [6.45, 7) is 3.84. The molecule has 0 unspecified atom stereocenters. The molecule has 2 amide bonds. The summed E-state index contributed by atoms with van der Waals surface area (Å²) in [7, 11) is 3.46. The molecule has 0 atom stereocenters. The molecule has 0 spiro atoms. The van der Waals surface area contributed by atoms with Gasteiger partial charge in [-0.25, -0.2) is 0 Å². The summed E-state index contributed by atoms with van der Waals surface area (Å²) < 4.78 is 0. The largest absolute Gasteiger partial charge is 0.376 e. The molecule has 5 nitrogen and oxygen atoms in total. The third-order valence-electron chi connectivity index (χ3n) is 3.70. The SMILES string of the molecule is Cc1cc(C(=O)N2CCSCC2)ccc1NCC(=O)N(C)C. The molecule has 0 aromatic heterocycles. The standard InChI is InChI=1S/C16H23N3O2S/c1-12-10-13(16(21)19-6-8-22-9-7-19)4-5-14(12)17-11-15(20)18(2)3/h4-5,10,17H,6-9,11H2,1-3H3. The van der Waals surface area contributed by atoms with Gasteiger partial charge in [-0.3, -0.25) is 9.59 Å². The van der Waals surface area contributed by atoms with Crippen LogP contribution in [0.15, 0.2) is 18.2 Å². The van der Waals surface area contributed by atoms with Crippen LogP contribution in [-0.4, -0.2) is 66.8 Å². The Balaban J connectivity index is 2.02. The fourth-order valence-corrected chi connectivity index (χ4v) is 3.18. The molecule has 1 heterocycles. The van der Waals surface area contributed by atoms with Crippen LogP contribution in [-0.2, 0) is 4.79 Å². The van der Waals surface area contributed by atoms with E-state index in [1.807, 2.05) is 41.8 Å². The maximum Gasteiger partial charge on any atom is 0.253 e. The minimum atomic E-state index is 0.0189. The van der Waals surface area contributed by atoms with Crippen LogP contribution in [0.4, 0.5) is 5.69 Å². The topological polar surface area (TPSA) is 52.7 Å². The average molecular weight is 321 g/mol. The fraction of sp³-hybridized carbons (Fsp3) is 0.500. The van der Waals surface area contributed by atoms with E-state index in [-0.39, 0.29) is 18.4 Å². The summed E-state index contributed by atoms with van der Waals surface area (Å²) in [5.41, 5.74) is 2.58. The lowest BCUT2D eigenvalue weighted by Crippen LogP contribution is -2.37. The van der Waals surface area contributed by atoms with Crippen molar-refractivity contribution in [1.82, 2.24) is 9.80 Å². The molecule has 1 fully saturated rings. The maximum atomic E-state index is 12.5. The average Bonchev–Trinajstić information content (AvgIpc) is 2.53. The number of carbonyl (C=O) groups excluding carboxylic acids is 2. The molecule has 22 heavy (non-hydrogen) atoms. The van der Waals surface area contributed by atoms with Crippen LogP contribution < -0.4 is 5.32 Å². The van der Waals surface area contributed by atoms with Crippen molar-refractivity contribution in [3.05, 3.63) is 29.3 Å². The summed E-state index contributed by atoms with van der Waals surface area (Å²) in [6.07, 6.45) is 0. The fourth-order valence-electron chi connectivity index (χ4n) is 2.27. The first-order valence-electron chi connectivity index (χ1n) is 7.40. The van der Waals surface area contributed by atoms with Gasteiger partial charge in [-0.1, -0.05) is 0 Å². The highest BCUT2D eigenvalue weighted by molar-refractivity contribution is 7.99. The van der Waals surface area contributed by atoms with Gasteiger partial charge in [0.25, 0.3) is 5.91 Å². The van der Waals surface area contributed by atoms with E-state index >= 15 is 0 Å². The lowest BCUT2D eigenvalue weighted by molar-refractivity contribution is -0.126. The molecular weight excluding hydrogens is 298 g/mol. The Morgan fingerprint density at radius 2 is 1.95 bits per heavy atom. The van der Waals surface area contributed by atoms with Crippen LogP contribution in [0.3, 0.4) is 0 Å². The Morgan fingerprint density at radius 1 is 1.27 bits per heavy atom. The van der Waals surface area contributed by atoms with E-state index in [0.29, 0.717) is 5.56 Å². The van der Waals surface area contributed by atoms with Crippen LogP contribution in [0.1, 0.15) is 15.9 Å². The van der Waals surface area contributed by atoms with Gasteiger partial charge in [0.15, 0.2) is 0 Å². The van der Waals surface area contributed by atoms with Crippen LogP contribution in [0.5, 0.6) is 0 Å². The predicted octanol–water partition coefficient (Wildman–Crippen LogP) is 1.68. The first-order chi connectivity index (χ1) is 10.5. The van der Waals surface area contributed by atoms with Crippen molar-refractivity contribution < 1.29 is 9.59 Å². The third-order valence-corrected chi connectivity index (χ3v) is 4.64. The smallest absolute Gasteiger partial charge is 0.253 e. The van der Waals surface area contributed by atoms with Crippen LogP contribution >= 0.6 is 11.8 Å². The zero-order valence-corrected chi connectivity index (χ0v) is 14.2. The highest BCUT2D eigenvalue weighted by Crippen LogP contribution is 2.19. The van der Waals surface area contributed by atoms with Gasteiger partial charge in [-0.05, 0) is 30.7 Å². The lowest BCUT2D eigenvalue weighted by Gasteiger charge is -2.26. The second kappa shape index (κ2) is 7.54. The summed E-state index contributed by atoms with van der Waals surface area (Å²) in [4.78, 5) is 27.5.